The largest absolute Gasteiger partial charge is 0.352 e. The molecular weight excluding hydrogens is 192 g/mol. The third-order valence-electron chi connectivity index (χ3n) is 2.61. The average molecular weight is 208 g/mol. The Bertz CT molecular complexity index is 300. The van der Waals surface area contributed by atoms with Gasteiger partial charge in [-0.2, -0.15) is 5.26 Å². The molecule has 1 rings (SSSR count). The number of nitrogens with one attached hydrogen (secondary N) is 1. The zero-order valence-corrected chi connectivity index (χ0v) is 9.12. The third-order valence-corrected chi connectivity index (χ3v) is 2.61. The number of nitriles is 1. The van der Waals surface area contributed by atoms with Crippen LogP contribution in [0.2, 0.25) is 0 Å². The van der Waals surface area contributed by atoms with E-state index in [-0.39, 0.29) is 17.7 Å². The molecule has 4 nitrogen and oxygen atoms in total. The molecule has 1 saturated carbocycles. The summed E-state index contributed by atoms with van der Waals surface area (Å²) in [5.74, 6) is -1.84. The normalized spacial score (nSPS) is 17.7. The highest BCUT2D eigenvalue weighted by Gasteiger charge is 2.35. The molecule has 0 unspecified atom stereocenters. The van der Waals surface area contributed by atoms with E-state index in [4.69, 9.17) is 5.26 Å². The van der Waals surface area contributed by atoms with Gasteiger partial charge in [0.15, 0.2) is 11.7 Å². The van der Waals surface area contributed by atoms with E-state index in [2.05, 4.69) is 5.32 Å². The van der Waals surface area contributed by atoms with Crippen LogP contribution in [0.25, 0.3) is 0 Å². The lowest BCUT2D eigenvalue weighted by molar-refractivity contribution is -0.135. The van der Waals surface area contributed by atoms with Gasteiger partial charge >= 0.3 is 0 Å². The summed E-state index contributed by atoms with van der Waals surface area (Å²) in [5.41, 5.74) is 0. The first-order chi connectivity index (χ1) is 7.06. The van der Waals surface area contributed by atoms with Crippen molar-refractivity contribution >= 4 is 11.7 Å². The lowest BCUT2D eigenvalue weighted by atomic mass is 9.78. The number of carbonyl (C=O) groups is 2. The second-order valence-corrected chi connectivity index (χ2v) is 4.26. The Kier molecular flexibility index (Phi) is 3.84. The highest BCUT2D eigenvalue weighted by molar-refractivity contribution is 6.05. The molecular formula is C11H16N2O2. The molecule has 0 aromatic rings. The van der Waals surface area contributed by atoms with Gasteiger partial charge in [-0.05, 0) is 26.7 Å². The predicted octanol–water partition coefficient (Wildman–Crippen LogP) is 1.02. The van der Waals surface area contributed by atoms with E-state index >= 15 is 0 Å². The molecule has 0 radical (unpaired) electrons. The van der Waals surface area contributed by atoms with Crippen molar-refractivity contribution in [2.45, 2.75) is 39.2 Å². The summed E-state index contributed by atoms with van der Waals surface area (Å²) < 4.78 is 0. The monoisotopic (exact) mass is 208 g/mol. The lowest BCUT2D eigenvalue weighted by Gasteiger charge is -2.25. The summed E-state index contributed by atoms with van der Waals surface area (Å²) >= 11 is 0. The minimum Gasteiger partial charge on any atom is -0.352 e. The molecule has 1 atom stereocenters. The van der Waals surface area contributed by atoms with Gasteiger partial charge in [0, 0.05) is 12.0 Å². The van der Waals surface area contributed by atoms with Crippen LogP contribution in [0.3, 0.4) is 0 Å². The number of carbonyl (C=O) groups excluding carboxylic acids is 2. The van der Waals surface area contributed by atoms with E-state index in [9.17, 15) is 9.59 Å². The van der Waals surface area contributed by atoms with Gasteiger partial charge < -0.3 is 5.32 Å². The molecule has 1 aliphatic rings. The topological polar surface area (TPSA) is 70.0 Å². The van der Waals surface area contributed by atoms with E-state index in [1.54, 1.807) is 19.9 Å². The first-order valence-electron chi connectivity index (χ1n) is 5.30. The van der Waals surface area contributed by atoms with Gasteiger partial charge in [-0.15, -0.1) is 0 Å². The number of ketones is 1. The molecule has 1 fully saturated rings. The maximum atomic E-state index is 11.7. The molecule has 0 aliphatic heterocycles. The molecule has 0 aromatic carbocycles. The summed E-state index contributed by atoms with van der Waals surface area (Å²) in [6, 6.07) is 1.76. The van der Waals surface area contributed by atoms with Crippen molar-refractivity contribution < 1.29 is 9.59 Å². The smallest absolute Gasteiger partial charge is 0.245 e. The fourth-order valence-corrected chi connectivity index (χ4v) is 1.55. The number of hydrogen-bond donors (Lipinski definition) is 1. The molecule has 82 valence electrons. The van der Waals surface area contributed by atoms with Crippen LogP contribution in [0.1, 0.15) is 33.1 Å². The average Bonchev–Trinajstić information content (AvgIpc) is 1.99. The van der Waals surface area contributed by atoms with Gasteiger partial charge in [-0.25, -0.2) is 0 Å². The Morgan fingerprint density at radius 1 is 1.40 bits per heavy atom. The highest BCUT2D eigenvalue weighted by atomic mass is 16.2. The Hall–Kier alpha value is -1.37. The fourth-order valence-electron chi connectivity index (χ4n) is 1.55. The summed E-state index contributed by atoms with van der Waals surface area (Å²) in [5, 5.41) is 11.4. The van der Waals surface area contributed by atoms with Crippen LogP contribution in [0, 0.1) is 23.2 Å². The summed E-state index contributed by atoms with van der Waals surface area (Å²) in [7, 11) is 0. The zero-order chi connectivity index (χ0) is 11.4. The van der Waals surface area contributed by atoms with Crippen molar-refractivity contribution in [2.75, 3.05) is 0 Å². The van der Waals surface area contributed by atoms with Gasteiger partial charge in [0.25, 0.3) is 0 Å². The Morgan fingerprint density at radius 2 is 2.00 bits per heavy atom. The van der Waals surface area contributed by atoms with E-state index in [1.807, 2.05) is 0 Å². The van der Waals surface area contributed by atoms with Crippen LogP contribution in [0.5, 0.6) is 0 Å². The SMILES string of the molecule is CC(C)NC(=O)[C@H](C#N)C(=O)C1CCC1. The van der Waals surface area contributed by atoms with Crippen molar-refractivity contribution in [3.63, 3.8) is 0 Å². The Morgan fingerprint density at radius 3 is 2.33 bits per heavy atom. The minimum absolute atomic E-state index is 0.0393. The molecule has 1 N–H and O–H groups in total. The van der Waals surface area contributed by atoms with Gasteiger partial charge in [-0.3, -0.25) is 9.59 Å². The van der Waals surface area contributed by atoms with Gasteiger partial charge in [0.05, 0.1) is 6.07 Å². The number of rotatable bonds is 4. The summed E-state index contributed by atoms with van der Waals surface area (Å²) in [4.78, 5) is 23.2. The first-order valence-corrected chi connectivity index (χ1v) is 5.30. The molecule has 0 saturated heterocycles. The molecule has 1 aliphatic carbocycles. The lowest BCUT2D eigenvalue weighted by Crippen LogP contribution is -2.41. The zero-order valence-electron chi connectivity index (χ0n) is 9.12. The van der Waals surface area contributed by atoms with Crippen molar-refractivity contribution in [3.8, 4) is 6.07 Å². The summed E-state index contributed by atoms with van der Waals surface area (Å²) in [6.07, 6.45) is 2.68. The highest BCUT2D eigenvalue weighted by Crippen LogP contribution is 2.29. The molecule has 0 heterocycles. The molecule has 0 bridgehead atoms. The Labute approximate surface area is 89.6 Å². The van der Waals surface area contributed by atoms with E-state index < -0.39 is 11.8 Å². The quantitative estimate of drug-likeness (QED) is 0.701. The number of hydrogen-bond acceptors (Lipinski definition) is 3. The van der Waals surface area contributed by atoms with Crippen molar-refractivity contribution in [1.29, 1.82) is 5.26 Å². The molecule has 4 heteroatoms. The fraction of sp³-hybridized carbons (Fsp3) is 0.727. The second kappa shape index (κ2) is 4.92. The van der Waals surface area contributed by atoms with Crippen LogP contribution in [0.4, 0.5) is 0 Å². The third kappa shape index (κ3) is 2.79. The number of amides is 1. The standard InChI is InChI=1S/C11H16N2O2/c1-7(2)13-11(15)9(6-12)10(14)8-4-3-5-8/h7-9H,3-5H2,1-2H3,(H,13,15)/t9-/m1/s1. The van der Waals surface area contributed by atoms with Crippen molar-refractivity contribution in [3.05, 3.63) is 0 Å². The maximum absolute atomic E-state index is 11.7. The van der Waals surface area contributed by atoms with Gasteiger partial charge in [0.1, 0.15) is 0 Å². The molecule has 1 amide bonds. The number of nitrogens with zero attached hydrogens (tertiary/aromatic N) is 1. The van der Waals surface area contributed by atoms with Crippen molar-refractivity contribution in [1.82, 2.24) is 5.32 Å². The Balaban J connectivity index is 2.58. The van der Waals surface area contributed by atoms with E-state index in [0.717, 1.165) is 19.3 Å². The number of Topliss-reactive ketones (excluding diaryl/α,β-unsaturated/α-hetero) is 1. The predicted molar refractivity (Wildman–Crippen MR) is 54.7 cm³/mol. The van der Waals surface area contributed by atoms with Crippen LogP contribution in [0.15, 0.2) is 0 Å². The molecule has 0 aromatic heterocycles. The van der Waals surface area contributed by atoms with E-state index in [1.165, 1.54) is 0 Å². The van der Waals surface area contributed by atoms with Crippen LogP contribution in [-0.4, -0.2) is 17.7 Å². The minimum atomic E-state index is -1.11. The van der Waals surface area contributed by atoms with Gasteiger partial charge in [-0.1, -0.05) is 6.42 Å². The van der Waals surface area contributed by atoms with E-state index in [0.29, 0.717) is 0 Å². The maximum Gasteiger partial charge on any atom is 0.245 e. The van der Waals surface area contributed by atoms with Crippen LogP contribution >= 0.6 is 0 Å². The van der Waals surface area contributed by atoms with Crippen LogP contribution in [-0.2, 0) is 9.59 Å². The van der Waals surface area contributed by atoms with Gasteiger partial charge in [0.2, 0.25) is 5.91 Å². The van der Waals surface area contributed by atoms with Crippen molar-refractivity contribution in [2.24, 2.45) is 11.8 Å². The summed E-state index contributed by atoms with van der Waals surface area (Å²) in [6.45, 7) is 3.61. The van der Waals surface area contributed by atoms with Crippen LogP contribution < -0.4 is 5.32 Å². The second-order valence-electron chi connectivity index (χ2n) is 4.26. The first kappa shape index (κ1) is 11.7. The molecule has 15 heavy (non-hydrogen) atoms. The molecule has 0 spiro atoms.